The Kier molecular flexibility index (Phi) is 8.59. The number of hydrogen-bond acceptors (Lipinski definition) is 10. The van der Waals surface area contributed by atoms with Gasteiger partial charge in [-0.25, -0.2) is 4.98 Å². The Balaban J connectivity index is 0.00000341. The van der Waals surface area contributed by atoms with E-state index in [1.165, 1.54) is 24.8 Å². The van der Waals surface area contributed by atoms with Crippen LogP contribution in [0.15, 0.2) is 17.3 Å². The maximum absolute atomic E-state index is 12.7. The van der Waals surface area contributed by atoms with Crippen molar-refractivity contribution in [3.63, 3.8) is 0 Å². The van der Waals surface area contributed by atoms with Gasteiger partial charge in [-0.05, 0) is 6.92 Å². The van der Waals surface area contributed by atoms with Crippen LogP contribution in [0.1, 0.15) is 19.5 Å². The van der Waals surface area contributed by atoms with Gasteiger partial charge in [-0.1, -0.05) is 29.0 Å². The molecule has 3 heterocycles. The summed E-state index contributed by atoms with van der Waals surface area (Å²) in [5.41, 5.74) is 5.89. The number of aromatic nitrogens is 1. The Morgan fingerprint density at radius 2 is 2.13 bits per heavy atom. The third kappa shape index (κ3) is 5.10. The molecule has 3 rings (SSSR count). The second-order valence-corrected chi connectivity index (χ2v) is 9.00. The Labute approximate surface area is 212 Å². The number of esters is 1. The molecule has 0 saturated carbocycles. The fourth-order valence-electron chi connectivity index (χ4n) is 3.05. The summed E-state index contributed by atoms with van der Waals surface area (Å²) in [5, 5.41) is 13.8. The number of nitrogen functional groups attached to an aromatic ring is 1. The van der Waals surface area contributed by atoms with Crippen molar-refractivity contribution < 1.29 is 58.6 Å². The maximum Gasteiger partial charge on any atom is 1.00 e. The molecule has 1 unspecified atom stereocenters. The van der Waals surface area contributed by atoms with E-state index < -0.39 is 35.2 Å². The Morgan fingerprint density at radius 1 is 1.45 bits per heavy atom. The summed E-state index contributed by atoms with van der Waals surface area (Å²) in [6.45, 7) is 2.55. The molecule has 0 bridgehead atoms. The van der Waals surface area contributed by atoms with Crippen molar-refractivity contribution in [1.82, 2.24) is 15.2 Å². The van der Waals surface area contributed by atoms with Gasteiger partial charge in [0.15, 0.2) is 5.13 Å². The first kappa shape index (κ1) is 25.7. The molecule has 160 valence electrons. The molecule has 2 amide bonds. The van der Waals surface area contributed by atoms with Crippen LogP contribution >= 0.6 is 34.7 Å². The Bertz CT molecular complexity index is 1010. The van der Waals surface area contributed by atoms with E-state index in [9.17, 15) is 24.3 Å². The number of carbonyl (C=O) groups is 4. The van der Waals surface area contributed by atoms with Crippen molar-refractivity contribution in [3.8, 4) is 0 Å². The van der Waals surface area contributed by atoms with Crippen LogP contribution in [-0.4, -0.2) is 57.4 Å². The van der Waals surface area contributed by atoms with E-state index in [1.54, 1.807) is 6.92 Å². The summed E-state index contributed by atoms with van der Waals surface area (Å²) in [6.07, 6.45) is 1.49. The van der Waals surface area contributed by atoms with Crippen molar-refractivity contribution in [2.24, 2.45) is 0 Å². The number of allylic oxidation sites excluding steroid dienone is 1. The number of halogens is 1. The van der Waals surface area contributed by atoms with Gasteiger partial charge in [0.2, 0.25) is 0 Å². The average molecular weight is 495 g/mol. The number of nitrogens with one attached hydrogen (secondary N) is 1. The molecule has 0 aliphatic carbocycles. The molecule has 1 aromatic heterocycles. The monoisotopic (exact) mass is 494 g/mol. The van der Waals surface area contributed by atoms with Gasteiger partial charge in [0.1, 0.15) is 28.1 Å². The zero-order chi connectivity index (χ0) is 22.2. The average Bonchev–Trinajstić information content (AvgIpc) is 3.01. The largest absolute Gasteiger partial charge is 1.00 e. The normalized spacial score (nSPS) is 20.4. The molecule has 10 nitrogen and oxygen atoms in total. The van der Waals surface area contributed by atoms with Gasteiger partial charge in [-0.15, -0.1) is 11.8 Å². The van der Waals surface area contributed by atoms with Gasteiger partial charge >= 0.3 is 35.5 Å². The number of β-lactam (4-membered cyclic amide) rings is 1. The molecule has 2 aliphatic heterocycles. The number of amides is 2. The number of nitrogens with zero attached hydrogens (tertiary/aromatic N) is 2. The van der Waals surface area contributed by atoms with E-state index in [2.05, 4.69) is 10.3 Å². The summed E-state index contributed by atoms with van der Waals surface area (Å²) in [4.78, 5) is 53.1. The Morgan fingerprint density at radius 3 is 2.65 bits per heavy atom. The number of thiazole rings is 1. The quantitative estimate of drug-likeness (QED) is 0.179. The topological polar surface area (TPSA) is 155 Å². The summed E-state index contributed by atoms with van der Waals surface area (Å²) in [7, 11) is 0. The third-order valence-corrected chi connectivity index (χ3v) is 6.79. The fraction of sp³-hybridized carbons (Fsp3) is 0.353. The number of carboxylic acids is 1. The minimum absolute atomic E-state index is 0. The number of rotatable bonds is 6. The van der Waals surface area contributed by atoms with Crippen molar-refractivity contribution in [2.75, 3.05) is 18.1 Å². The van der Waals surface area contributed by atoms with Crippen LogP contribution in [-0.2, 0) is 23.9 Å². The third-order valence-electron chi connectivity index (χ3n) is 4.37. The minimum atomic E-state index is -1.56. The van der Waals surface area contributed by atoms with Crippen molar-refractivity contribution in [2.45, 2.75) is 25.3 Å². The van der Waals surface area contributed by atoms with Crippen LogP contribution in [0.2, 0.25) is 4.34 Å². The smallest absolute Gasteiger partial charge is 0.543 e. The SMILES string of the molecule is C/C=C(\C(=O)NC1C(=O)N2C(C(=O)[O-])=C(COC(C)=O)CS[C@H]12)c1nc(N)sc1Cl.[Na+]. The van der Waals surface area contributed by atoms with Gasteiger partial charge in [-0.3, -0.25) is 19.3 Å². The molecule has 2 aliphatic rings. The van der Waals surface area contributed by atoms with E-state index in [1.807, 2.05) is 0 Å². The second-order valence-electron chi connectivity index (χ2n) is 6.26. The molecule has 14 heteroatoms. The van der Waals surface area contributed by atoms with E-state index in [0.29, 0.717) is 0 Å². The predicted molar refractivity (Wildman–Crippen MR) is 109 cm³/mol. The summed E-state index contributed by atoms with van der Waals surface area (Å²) in [6, 6.07) is -0.947. The minimum Gasteiger partial charge on any atom is -0.543 e. The molecule has 2 atom stereocenters. The van der Waals surface area contributed by atoms with Gasteiger partial charge < -0.3 is 25.7 Å². The Hall–Kier alpha value is -1.57. The number of thioether (sulfide) groups is 1. The van der Waals surface area contributed by atoms with Crippen molar-refractivity contribution >= 4 is 69.2 Å². The number of fused-ring (bicyclic) bond motifs is 1. The van der Waals surface area contributed by atoms with Crippen LogP contribution in [0.25, 0.3) is 5.57 Å². The molecular weight excluding hydrogens is 479 g/mol. The van der Waals surface area contributed by atoms with Gasteiger partial charge in [0, 0.05) is 18.2 Å². The number of carboxylic acid groups (broad SMARTS) is 1. The summed E-state index contributed by atoms with van der Waals surface area (Å²) in [5.74, 6) is -3.14. The van der Waals surface area contributed by atoms with Gasteiger partial charge in [-0.2, -0.15) is 0 Å². The first-order chi connectivity index (χ1) is 14.1. The van der Waals surface area contributed by atoms with E-state index in [-0.39, 0.29) is 73.9 Å². The molecule has 3 N–H and O–H groups in total. The van der Waals surface area contributed by atoms with Gasteiger partial charge in [0.05, 0.1) is 17.2 Å². The molecular formula is C17H16ClN4NaO6S2. The summed E-state index contributed by atoms with van der Waals surface area (Å²) >= 11 is 8.33. The first-order valence-corrected chi connectivity index (χ1v) is 10.8. The first-order valence-electron chi connectivity index (χ1n) is 8.56. The number of carbonyl (C=O) groups excluding carboxylic acids is 4. The van der Waals surface area contributed by atoms with Crippen LogP contribution < -0.4 is 45.7 Å². The van der Waals surface area contributed by atoms with E-state index >= 15 is 0 Å². The van der Waals surface area contributed by atoms with Crippen LogP contribution in [0.4, 0.5) is 5.13 Å². The van der Waals surface area contributed by atoms with E-state index in [4.69, 9.17) is 22.1 Å². The second kappa shape index (κ2) is 10.4. The maximum atomic E-state index is 12.7. The molecule has 31 heavy (non-hydrogen) atoms. The van der Waals surface area contributed by atoms with Crippen LogP contribution in [0.3, 0.4) is 0 Å². The number of hydrogen-bond donors (Lipinski definition) is 2. The van der Waals surface area contributed by atoms with Crippen molar-refractivity contribution in [3.05, 3.63) is 27.4 Å². The van der Waals surface area contributed by atoms with Gasteiger partial charge in [0.25, 0.3) is 11.8 Å². The zero-order valence-electron chi connectivity index (χ0n) is 16.8. The number of aliphatic carboxylic acids is 1. The van der Waals surface area contributed by atoms with Crippen LogP contribution in [0.5, 0.6) is 0 Å². The number of ether oxygens (including phenoxy) is 1. The fourth-order valence-corrected chi connectivity index (χ4v) is 5.33. The zero-order valence-corrected chi connectivity index (χ0v) is 21.2. The molecule has 1 fully saturated rings. The molecule has 1 saturated heterocycles. The number of anilines is 1. The molecule has 0 aromatic carbocycles. The van der Waals surface area contributed by atoms with Crippen LogP contribution in [0, 0.1) is 0 Å². The summed E-state index contributed by atoms with van der Waals surface area (Å²) < 4.78 is 5.10. The molecule has 0 spiro atoms. The van der Waals surface area contributed by atoms with Crippen molar-refractivity contribution in [1.29, 1.82) is 0 Å². The standard InChI is InChI=1S/C17H17ClN4O6S2.Na/c1-3-8(9-12(18)30-17(19)21-9)13(24)20-10-14(25)22-11(16(26)27)7(4-28-6(2)23)5-29-15(10)22;/h3,10,15H,4-5H2,1-2H3,(H2,19,21)(H,20,24)(H,26,27);/q;+1/p-1/b8-3-;/t10?,15-;/m1./s1. The van der Waals surface area contributed by atoms with E-state index in [0.717, 1.165) is 16.2 Å². The molecule has 0 radical (unpaired) electrons. The number of nitrogens with two attached hydrogens (primary N) is 1. The predicted octanol–water partition coefficient (Wildman–Crippen LogP) is -3.25. The molecule has 1 aromatic rings.